The average Bonchev–Trinajstić information content (AvgIpc) is 2.06. The molecular weight excluding hydrogens is 227 g/mol. The second-order valence-electron chi connectivity index (χ2n) is 3.90. The molecule has 0 spiro atoms. The van der Waals surface area contributed by atoms with Crippen LogP contribution < -0.4 is 5.32 Å². The van der Waals surface area contributed by atoms with Gasteiger partial charge < -0.3 is 10.4 Å². The maximum atomic E-state index is 11.8. The minimum atomic E-state index is -4.40. The summed E-state index contributed by atoms with van der Waals surface area (Å²) in [5.74, 6) is -2.04. The Morgan fingerprint density at radius 3 is 2.19 bits per heavy atom. The summed E-state index contributed by atoms with van der Waals surface area (Å²) in [5, 5.41) is 11.0. The zero-order chi connectivity index (χ0) is 12.4. The van der Waals surface area contributed by atoms with E-state index >= 15 is 0 Å². The van der Waals surface area contributed by atoms with Crippen LogP contribution in [0.5, 0.6) is 0 Å². The highest BCUT2D eigenvalue weighted by molar-refractivity contribution is 5.87. The molecule has 1 amide bonds. The topological polar surface area (TPSA) is 66.4 Å². The zero-order valence-corrected chi connectivity index (χ0v) is 8.43. The van der Waals surface area contributed by atoms with Crippen molar-refractivity contribution >= 4 is 11.9 Å². The molecule has 0 radical (unpaired) electrons. The van der Waals surface area contributed by atoms with E-state index in [1.54, 1.807) is 0 Å². The van der Waals surface area contributed by atoms with Gasteiger partial charge in [-0.15, -0.1) is 0 Å². The van der Waals surface area contributed by atoms with Gasteiger partial charge in [0.1, 0.15) is 5.54 Å². The van der Waals surface area contributed by atoms with Crippen LogP contribution in [0.4, 0.5) is 13.2 Å². The van der Waals surface area contributed by atoms with Crippen molar-refractivity contribution in [2.75, 3.05) is 0 Å². The second-order valence-corrected chi connectivity index (χ2v) is 3.90. The van der Waals surface area contributed by atoms with Crippen molar-refractivity contribution in [3.63, 3.8) is 0 Å². The van der Waals surface area contributed by atoms with E-state index in [1.165, 1.54) is 0 Å². The van der Waals surface area contributed by atoms with E-state index in [2.05, 4.69) is 5.32 Å². The number of carboxylic acid groups (broad SMARTS) is 1. The molecule has 1 saturated carbocycles. The fourth-order valence-corrected chi connectivity index (χ4v) is 1.51. The molecule has 92 valence electrons. The first-order chi connectivity index (χ1) is 7.25. The lowest BCUT2D eigenvalue weighted by atomic mass is 9.76. The lowest BCUT2D eigenvalue weighted by Crippen LogP contribution is -2.59. The molecule has 2 N–H and O–H groups in total. The highest BCUT2D eigenvalue weighted by Crippen LogP contribution is 2.32. The number of rotatable bonds is 4. The Kier molecular flexibility index (Phi) is 3.44. The molecule has 0 aromatic rings. The Hall–Kier alpha value is -1.27. The standard InChI is InChI=1S/C9H12F3NO3/c10-9(11,12)5-2-6(14)13-8(7(15)16)3-1-4-8/h1-5H2,(H,13,14)(H,15,16). The van der Waals surface area contributed by atoms with Crippen LogP contribution in [-0.4, -0.2) is 28.7 Å². The first-order valence-corrected chi connectivity index (χ1v) is 4.86. The monoisotopic (exact) mass is 239 g/mol. The van der Waals surface area contributed by atoms with Crippen LogP contribution in [0.3, 0.4) is 0 Å². The van der Waals surface area contributed by atoms with E-state index in [4.69, 9.17) is 5.11 Å². The third kappa shape index (κ3) is 3.11. The Morgan fingerprint density at radius 2 is 1.88 bits per heavy atom. The van der Waals surface area contributed by atoms with Gasteiger partial charge in [0.15, 0.2) is 0 Å². The lowest BCUT2D eigenvalue weighted by Gasteiger charge is -2.38. The Morgan fingerprint density at radius 1 is 1.31 bits per heavy atom. The quantitative estimate of drug-likeness (QED) is 0.780. The van der Waals surface area contributed by atoms with Gasteiger partial charge in [-0.25, -0.2) is 4.79 Å². The van der Waals surface area contributed by atoms with Gasteiger partial charge in [-0.2, -0.15) is 13.2 Å². The Balaban J connectivity index is 2.42. The molecule has 0 saturated heterocycles. The summed E-state index contributed by atoms with van der Waals surface area (Å²) < 4.78 is 35.4. The van der Waals surface area contributed by atoms with Gasteiger partial charge >= 0.3 is 12.1 Å². The van der Waals surface area contributed by atoms with E-state index in [9.17, 15) is 22.8 Å². The third-order valence-electron chi connectivity index (χ3n) is 2.63. The Bertz CT molecular complexity index is 297. The normalized spacial score (nSPS) is 18.7. The van der Waals surface area contributed by atoms with Gasteiger partial charge in [0.2, 0.25) is 5.91 Å². The lowest BCUT2D eigenvalue weighted by molar-refractivity contribution is -0.154. The molecule has 1 aliphatic rings. The van der Waals surface area contributed by atoms with Crippen molar-refractivity contribution in [1.82, 2.24) is 5.32 Å². The number of alkyl halides is 3. The molecule has 0 aromatic heterocycles. The molecule has 1 aliphatic carbocycles. The number of aliphatic carboxylic acids is 1. The Labute approximate surface area is 89.8 Å². The molecular formula is C9H12F3NO3. The number of hydrogen-bond acceptors (Lipinski definition) is 2. The summed E-state index contributed by atoms with van der Waals surface area (Å²) in [4.78, 5) is 21.9. The largest absolute Gasteiger partial charge is 0.480 e. The van der Waals surface area contributed by atoms with Gasteiger partial charge in [0.05, 0.1) is 6.42 Å². The van der Waals surface area contributed by atoms with Gasteiger partial charge in [0.25, 0.3) is 0 Å². The van der Waals surface area contributed by atoms with Gasteiger partial charge in [-0.3, -0.25) is 4.79 Å². The number of halogens is 3. The number of hydrogen-bond donors (Lipinski definition) is 2. The summed E-state index contributed by atoms with van der Waals surface area (Å²) in [6, 6.07) is 0. The molecule has 1 fully saturated rings. The van der Waals surface area contributed by atoms with Crippen molar-refractivity contribution in [3.05, 3.63) is 0 Å². The van der Waals surface area contributed by atoms with Crippen LogP contribution in [0.2, 0.25) is 0 Å². The number of carboxylic acids is 1. The highest BCUT2D eigenvalue weighted by atomic mass is 19.4. The second kappa shape index (κ2) is 4.31. The minimum Gasteiger partial charge on any atom is -0.480 e. The van der Waals surface area contributed by atoms with Crippen molar-refractivity contribution in [2.45, 2.75) is 43.8 Å². The van der Waals surface area contributed by atoms with Gasteiger partial charge in [-0.1, -0.05) is 0 Å². The van der Waals surface area contributed by atoms with E-state index < -0.39 is 36.4 Å². The molecule has 0 aromatic carbocycles. The zero-order valence-electron chi connectivity index (χ0n) is 8.43. The van der Waals surface area contributed by atoms with Crippen LogP contribution >= 0.6 is 0 Å². The molecule has 16 heavy (non-hydrogen) atoms. The van der Waals surface area contributed by atoms with E-state index in [0.29, 0.717) is 6.42 Å². The van der Waals surface area contributed by atoms with Gasteiger partial charge in [0, 0.05) is 6.42 Å². The van der Waals surface area contributed by atoms with Crippen molar-refractivity contribution in [1.29, 1.82) is 0 Å². The summed E-state index contributed by atoms with van der Waals surface area (Å²) >= 11 is 0. The first-order valence-electron chi connectivity index (χ1n) is 4.86. The molecule has 7 heteroatoms. The SMILES string of the molecule is O=C(CCC(F)(F)F)NC1(C(=O)O)CCC1. The van der Waals surface area contributed by atoms with E-state index in [-0.39, 0.29) is 12.8 Å². The molecule has 0 atom stereocenters. The summed E-state index contributed by atoms with van der Waals surface area (Å²) in [6.45, 7) is 0. The number of carbonyl (C=O) groups excluding carboxylic acids is 1. The summed E-state index contributed by atoms with van der Waals surface area (Å²) in [6.07, 6.45) is -5.13. The highest BCUT2D eigenvalue weighted by Gasteiger charge is 2.45. The number of nitrogens with one attached hydrogen (secondary N) is 1. The molecule has 1 rings (SSSR count). The third-order valence-corrected chi connectivity index (χ3v) is 2.63. The molecule has 0 unspecified atom stereocenters. The van der Waals surface area contributed by atoms with Crippen molar-refractivity contribution in [2.24, 2.45) is 0 Å². The maximum absolute atomic E-state index is 11.8. The average molecular weight is 239 g/mol. The molecule has 0 bridgehead atoms. The fraction of sp³-hybridized carbons (Fsp3) is 0.778. The van der Waals surface area contributed by atoms with E-state index in [0.717, 1.165) is 0 Å². The van der Waals surface area contributed by atoms with Crippen LogP contribution in [0.1, 0.15) is 32.1 Å². The van der Waals surface area contributed by atoms with Gasteiger partial charge in [-0.05, 0) is 19.3 Å². The van der Waals surface area contributed by atoms with E-state index in [1.807, 2.05) is 0 Å². The van der Waals surface area contributed by atoms with Crippen LogP contribution in [0.25, 0.3) is 0 Å². The summed E-state index contributed by atoms with van der Waals surface area (Å²) in [5.41, 5.74) is -1.33. The maximum Gasteiger partial charge on any atom is 0.389 e. The van der Waals surface area contributed by atoms with Crippen LogP contribution in [-0.2, 0) is 9.59 Å². The van der Waals surface area contributed by atoms with Crippen LogP contribution in [0.15, 0.2) is 0 Å². The van der Waals surface area contributed by atoms with Crippen molar-refractivity contribution < 1.29 is 27.9 Å². The predicted molar refractivity (Wildman–Crippen MR) is 47.6 cm³/mol. The van der Waals surface area contributed by atoms with Crippen molar-refractivity contribution in [3.8, 4) is 0 Å². The number of amides is 1. The first kappa shape index (κ1) is 12.8. The molecule has 0 aliphatic heterocycles. The summed E-state index contributed by atoms with van der Waals surface area (Å²) in [7, 11) is 0. The minimum absolute atomic E-state index is 0.278. The number of carbonyl (C=O) groups is 2. The smallest absolute Gasteiger partial charge is 0.389 e. The molecule has 0 heterocycles. The van der Waals surface area contributed by atoms with Crippen LogP contribution in [0, 0.1) is 0 Å². The predicted octanol–water partition coefficient (Wildman–Crippen LogP) is 1.45. The fourth-order valence-electron chi connectivity index (χ4n) is 1.51. The molecule has 4 nitrogen and oxygen atoms in total.